The summed E-state index contributed by atoms with van der Waals surface area (Å²) >= 11 is 0. The van der Waals surface area contributed by atoms with E-state index in [0.717, 1.165) is 26.6 Å². The highest BCUT2D eigenvalue weighted by atomic mass is 32.2. The second kappa shape index (κ2) is 15.6. The predicted octanol–water partition coefficient (Wildman–Crippen LogP) is 6.06. The Hall–Kier alpha value is -4.63. The smallest absolute Gasteiger partial charge is 0.264 e. The van der Waals surface area contributed by atoms with Crippen LogP contribution in [0.15, 0.2) is 108 Å². The fourth-order valence-corrected chi connectivity index (χ4v) is 6.52. The van der Waals surface area contributed by atoms with Crippen molar-refractivity contribution >= 4 is 27.5 Å². The van der Waals surface area contributed by atoms with Gasteiger partial charge in [0.25, 0.3) is 10.0 Å². The summed E-state index contributed by atoms with van der Waals surface area (Å²) in [6, 6.07) is 29.4. The van der Waals surface area contributed by atoms with Crippen molar-refractivity contribution in [1.82, 2.24) is 10.2 Å². The van der Waals surface area contributed by atoms with Crippen LogP contribution in [-0.4, -0.2) is 50.9 Å². The summed E-state index contributed by atoms with van der Waals surface area (Å²) in [6.45, 7) is 7.20. The molecule has 0 unspecified atom stereocenters. The Labute approximate surface area is 273 Å². The Morgan fingerprint density at radius 3 is 2.15 bits per heavy atom. The second-order valence-electron chi connectivity index (χ2n) is 11.6. The molecule has 242 valence electrons. The number of carbonyl (C=O) groups is 2. The van der Waals surface area contributed by atoms with E-state index >= 15 is 0 Å². The molecule has 0 aliphatic carbocycles. The monoisotopic (exact) mass is 641 g/mol. The van der Waals surface area contributed by atoms with E-state index in [1.54, 1.807) is 55.6 Å². The van der Waals surface area contributed by atoms with Crippen LogP contribution in [0.1, 0.15) is 42.5 Å². The van der Waals surface area contributed by atoms with Gasteiger partial charge in [-0.05, 0) is 80.3 Å². The molecule has 2 atom stereocenters. The zero-order chi connectivity index (χ0) is 33.3. The minimum atomic E-state index is -4.16. The van der Waals surface area contributed by atoms with Crippen LogP contribution in [0.25, 0.3) is 0 Å². The molecule has 46 heavy (non-hydrogen) atoms. The normalized spacial score (nSPS) is 12.5. The van der Waals surface area contributed by atoms with Gasteiger partial charge in [-0.3, -0.25) is 13.9 Å². The third-order valence-electron chi connectivity index (χ3n) is 7.94. The molecule has 0 bridgehead atoms. The number of hydrogen-bond donors (Lipinski definition) is 1. The van der Waals surface area contributed by atoms with Crippen LogP contribution < -0.4 is 14.4 Å². The third-order valence-corrected chi connectivity index (χ3v) is 9.72. The standard InChI is InChI=1S/C37H43N3O5S/c1-6-29(4)38-37(42)35(24-30-13-8-7-9-14-30)39(25-31-15-11-17-33(23-31)45-5)36(41)26-40(32-16-10-12-28(3)22-32)46(43,44)34-20-18-27(2)19-21-34/h7-23,29,35H,6,24-26H2,1-5H3,(H,38,42)/t29-,35-/m0/s1. The van der Waals surface area contributed by atoms with Crippen LogP contribution in [0.5, 0.6) is 5.75 Å². The molecule has 9 heteroatoms. The number of rotatable bonds is 14. The van der Waals surface area contributed by atoms with Gasteiger partial charge in [0, 0.05) is 19.0 Å². The Bertz CT molecular complexity index is 1730. The van der Waals surface area contributed by atoms with E-state index in [0.29, 0.717) is 17.9 Å². The lowest BCUT2D eigenvalue weighted by molar-refractivity contribution is -0.140. The van der Waals surface area contributed by atoms with Crippen molar-refractivity contribution in [3.05, 3.63) is 125 Å². The van der Waals surface area contributed by atoms with Gasteiger partial charge in [-0.25, -0.2) is 8.42 Å². The molecule has 4 aromatic rings. The molecule has 0 fully saturated rings. The first kappa shape index (κ1) is 34.2. The first-order valence-electron chi connectivity index (χ1n) is 15.4. The van der Waals surface area contributed by atoms with Crippen molar-refractivity contribution in [2.45, 2.75) is 64.1 Å². The average molecular weight is 642 g/mol. The van der Waals surface area contributed by atoms with Crippen LogP contribution in [0.2, 0.25) is 0 Å². The van der Waals surface area contributed by atoms with Gasteiger partial charge in [-0.1, -0.05) is 79.2 Å². The van der Waals surface area contributed by atoms with E-state index in [2.05, 4.69) is 5.32 Å². The van der Waals surface area contributed by atoms with Crippen LogP contribution in [0.3, 0.4) is 0 Å². The van der Waals surface area contributed by atoms with Gasteiger partial charge in [0.2, 0.25) is 11.8 Å². The highest BCUT2D eigenvalue weighted by molar-refractivity contribution is 7.92. The van der Waals surface area contributed by atoms with Crippen molar-refractivity contribution in [2.24, 2.45) is 0 Å². The SMILES string of the molecule is CC[C@H](C)NC(=O)[C@H](Cc1ccccc1)N(Cc1cccc(OC)c1)C(=O)CN(c1cccc(C)c1)S(=O)(=O)c1ccc(C)cc1. The van der Waals surface area contributed by atoms with Crippen molar-refractivity contribution < 1.29 is 22.7 Å². The lowest BCUT2D eigenvalue weighted by Gasteiger charge is -2.34. The number of benzene rings is 4. The number of nitrogens with one attached hydrogen (secondary N) is 1. The van der Waals surface area contributed by atoms with Crippen LogP contribution in [0, 0.1) is 13.8 Å². The van der Waals surface area contributed by atoms with Crippen LogP contribution in [-0.2, 0) is 32.6 Å². The maximum atomic E-state index is 14.6. The zero-order valence-electron chi connectivity index (χ0n) is 27.1. The third kappa shape index (κ3) is 8.75. The van der Waals surface area contributed by atoms with Crippen LogP contribution in [0.4, 0.5) is 5.69 Å². The Kier molecular flexibility index (Phi) is 11.6. The van der Waals surface area contributed by atoms with E-state index in [9.17, 15) is 18.0 Å². The van der Waals surface area contributed by atoms with Gasteiger partial charge in [-0.2, -0.15) is 0 Å². The van der Waals surface area contributed by atoms with E-state index < -0.39 is 28.5 Å². The molecular weight excluding hydrogens is 598 g/mol. The number of ether oxygens (including phenoxy) is 1. The number of carbonyl (C=O) groups excluding carboxylic acids is 2. The van der Waals surface area contributed by atoms with Crippen molar-refractivity contribution in [3.63, 3.8) is 0 Å². The van der Waals surface area contributed by atoms with Gasteiger partial charge in [0.05, 0.1) is 17.7 Å². The highest BCUT2D eigenvalue weighted by Gasteiger charge is 2.35. The van der Waals surface area contributed by atoms with E-state index in [1.165, 1.54) is 4.90 Å². The lowest BCUT2D eigenvalue weighted by Crippen LogP contribution is -2.54. The van der Waals surface area contributed by atoms with E-state index in [4.69, 9.17) is 4.74 Å². The molecule has 1 N–H and O–H groups in total. The number of aryl methyl sites for hydroxylation is 2. The molecule has 4 aromatic carbocycles. The molecule has 0 saturated heterocycles. The summed E-state index contributed by atoms with van der Waals surface area (Å²) in [5.41, 5.74) is 3.73. The number of anilines is 1. The number of nitrogens with zero attached hydrogens (tertiary/aromatic N) is 2. The average Bonchev–Trinajstić information content (AvgIpc) is 3.05. The highest BCUT2D eigenvalue weighted by Crippen LogP contribution is 2.26. The molecule has 0 spiro atoms. The topological polar surface area (TPSA) is 96.0 Å². The summed E-state index contributed by atoms with van der Waals surface area (Å²) in [5.74, 6) is -0.213. The fourth-order valence-electron chi connectivity index (χ4n) is 5.11. The zero-order valence-corrected chi connectivity index (χ0v) is 28.0. The first-order chi connectivity index (χ1) is 22.0. The van der Waals surface area contributed by atoms with Crippen molar-refractivity contribution in [1.29, 1.82) is 0 Å². The molecule has 0 aromatic heterocycles. The maximum Gasteiger partial charge on any atom is 0.264 e. The molecule has 0 saturated carbocycles. The number of amides is 2. The summed E-state index contributed by atoms with van der Waals surface area (Å²) in [6.07, 6.45) is 0.956. The Morgan fingerprint density at radius 2 is 1.50 bits per heavy atom. The summed E-state index contributed by atoms with van der Waals surface area (Å²) in [4.78, 5) is 30.1. The van der Waals surface area contributed by atoms with Crippen molar-refractivity contribution in [2.75, 3.05) is 18.0 Å². The molecule has 0 aliphatic heterocycles. The summed E-state index contributed by atoms with van der Waals surface area (Å²) in [7, 11) is -2.60. The largest absolute Gasteiger partial charge is 0.497 e. The number of methoxy groups -OCH3 is 1. The first-order valence-corrected chi connectivity index (χ1v) is 16.9. The minimum Gasteiger partial charge on any atom is -0.497 e. The fraction of sp³-hybridized carbons (Fsp3) is 0.297. The number of sulfonamides is 1. The van der Waals surface area contributed by atoms with Crippen molar-refractivity contribution in [3.8, 4) is 5.75 Å². The van der Waals surface area contributed by atoms with Gasteiger partial charge in [0.15, 0.2) is 0 Å². The predicted molar refractivity (Wildman–Crippen MR) is 182 cm³/mol. The molecule has 8 nitrogen and oxygen atoms in total. The molecule has 0 radical (unpaired) electrons. The molecule has 4 rings (SSSR count). The lowest BCUT2D eigenvalue weighted by atomic mass is 10.0. The summed E-state index contributed by atoms with van der Waals surface area (Å²) in [5, 5.41) is 3.06. The summed E-state index contributed by atoms with van der Waals surface area (Å²) < 4.78 is 35.0. The Balaban J connectivity index is 1.82. The molecule has 0 heterocycles. The Morgan fingerprint density at radius 1 is 0.826 bits per heavy atom. The van der Waals surface area contributed by atoms with Gasteiger partial charge in [0.1, 0.15) is 18.3 Å². The molecule has 2 amide bonds. The van der Waals surface area contributed by atoms with Gasteiger partial charge >= 0.3 is 0 Å². The van der Waals surface area contributed by atoms with Gasteiger partial charge in [-0.15, -0.1) is 0 Å². The van der Waals surface area contributed by atoms with E-state index in [-0.39, 0.29) is 29.8 Å². The maximum absolute atomic E-state index is 14.6. The molecular formula is C37H43N3O5S. The second-order valence-corrected chi connectivity index (χ2v) is 13.4. The number of hydrogen-bond acceptors (Lipinski definition) is 5. The molecule has 0 aliphatic rings. The van der Waals surface area contributed by atoms with Gasteiger partial charge < -0.3 is 15.0 Å². The van der Waals surface area contributed by atoms with Crippen LogP contribution >= 0.6 is 0 Å². The quantitative estimate of drug-likeness (QED) is 0.181. The minimum absolute atomic E-state index is 0.0632. The van der Waals surface area contributed by atoms with E-state index in [1.807, 2.05) is 82.3 Å².